The van der Waals surface area contributed by atoms with Crippen LogP contribution in [0.4, 0.5) is 10.5 Å². The van der Waals surface area contributed by atoms with Gasteiger partial charge in [-0.05, 0) is 62.8 Å². The van der Waals surface area contributed by atoms with Crippen molar-refractivity contribution in [1.29, 1.82) is 0 Å². The first-order valence-corrected chi connectivity index (χ1v) is 10.2. The van der Waals surface area contributed by atoms with E-state index in [0.717, 1.165) is 43.2 Å². The summed E-state index contributed by atoms with van der Waals surface area (Å²) >= 11 is 0. The maximum absolute atomic E-state index is 12.7. The summed E-state index contributed by atoms with van der Waals surface area (Å²) in [5.41, 5.74) is 2.28. The van der Waals surface area contributed by atoms with Crippen molar-refractivity contribution in [2.24, 2.45) is 0 Å². The van der Waals surface area contributed by atoms with E-state index in [0.29, 0.717) is 0 Å². The Balaban J connectivity index is 1.55. The van der Waals surface area contributed by atoms with Crippen LogP contribution < -0.4 is 15.5 Å². The molecule has 2 aromatic rings. The van der Waals surface area contributed by atoms with Crippen LogP contribution in [0.5, 0.6) is 0 Å². The van der Waals surface area contributed by atoms with Gasteiger partial charge in [0.1, 0.15) is 0 Å². The second-order valence-corrected chi connectivity index (χ2v) is 8.85. The van der Waals surface area contributed by atoms with Gasteiger partial charge in [0.25, 0.3) is 0 Å². The number of nitrogens with zero attached hydrogens (tertiary/aromatic N) is 2. The van der Waals surface area contributed by atoms with Crippen molar-refractivity contribution < 1.29 is 4.79 Å². The molecule has 5 heteroatoms. The first-order valence-electron chi connectivity index (χ1n) is 9.62. The minimum Gasteiger partial charge on any atom is -0.330 e. The lowest BCUT2D eigenvalue weighted by atomic mass is 9.69. The minimum absolute atomic E-state index is 0.0302. The van der Waals surface area contributed by atoms with Crippen LogP contribution in [0.3, 0.4) is 0 Å². The summed E-state index contributed by atoms with van der Waals surface area (Å²) in [6.45, 7) is 0.748. The van der Waals surface area contributed by atoms with E-state index in [1.54, 1.807) is 0 Å². The lowest BCUT2D eigenvalue weighted by molar-refractivity contribution is 0.0658. The predicted octanol–water partition coefficient (Wildman–Crippen LogP) is 3.49. The topological polar surface area (TPSA) is 35.6 Å². The molecular weight excluding hydrogens is 353 g/mol. The highest BCUT2D eigenvalue weighted by Crippen LogP contribution is 2.46. The summed E-state index contributed by atoms with van der Waals surface area (Å²) in [6.07, 6.45) is 4.06. The van der Waals surface area contributed by atoms with Crippen LogP contribution in [0.2, 0.25) is 0 Å². The molecule has 0 aromatic heterocycles. The molecule has 1 N–H and O–H groups in total. The molecule has 1 unspecified atom stereocenters. The zero-order valence-electron chi connectivity index (χ0n) is 16.1. The van der Waals surface area contributed by atoms with E-state index in [2.05, 4.69) is 70.0 Å². The third-order valence-corrected chi connectivity index (χ3v) is 6.82. The lowest BCUT2D eigenvalue weighted by Crippen LogP contribution is -2.54. The molecule has 1 saturated heterocycles. The van der Waals surface area contributed by atoms with E-state index in [1.807, 2.05) is 23.1 Å². The van der Waals surface area contributed by atoms with Gasteiger partial charge in [-0.3, -0.25) is 9.80 Å². The number of hydrogen-bond acceptors (Lipinski definition) is 2. The highest BCUT2D eigenvalue weighted by atomic mass is 31.0. The highest BCUT2D eigenvalue weighted by molar-refractivity contribution is 7.27. The highest BCUT2D eigenvalue weighted by Gasteiger charge is 2.50. The molecule has 4 rings (SSSR count). The summed E-state index contributed by atoms with van der Waals surface area (Å²) in [7, 11) is 7.06. The maximum Gasteiger partial charge on any atom is 0.322 e. The van der Waals surface area contributed by atoms with Crippen LogP contribution >= 0.6 is 9.24 Å². The zero-order valence-corrected chi connectivity index (χ0v) is 17.3. The monoisotopic (exact) mass is 381 g/mol. The van der Waals surface area contributed by atoms with E-state index in [-0.39, 0.29) is 17.1 Å². The summed E-state index contributed by atoms with van der Waals surface area (Å²) < 4.78 is 0. The van der Waals surface area contributed by atoms with Gasteiger partial charge in [0.15, 0.2) is 0 Å². The third kappa shape index (κ3) is 3.26. The number of anilines is 1. The molecular formula is C22H28N3OP. The standard InChI is InChI=1S/C22H28N3OP/c1-24(2)22(17-7-4-3-5-8-17)13-11-21(12-14-22)16-25(20(26)23-21)18-9-6-10-19(27)15-18/h3-10,15H,11-14,16,27H2,1-2H3,(H,23,26). The number of carbonyl (C=O) groups is 1. The molecule has 2 aromatic carbocycles. The fourth-order valence-electron chi connectivity index (χ4n) is 4.78. The number of carbonyl (C=O) groups excluding carboxylic acids is 1. The fraction of sp³-hybridized carbons (Fsp3) is 0.409. The van der Waals surface area contributed by atoms with E-state index >= 15 is 0 Å². The van der Waals surface area contributed by atoms with Gasteiger partial charge in [0.2, 0.25) is 0 Å². The van der Waals surface area contributed by atoms with Gasteiger partial charge in [-0.15, -0.1) is 9.24 Å². The second kappa shape index (κ2) is 6.92. The molecule has 0 radical (unpaired) electrons. The van der Waals surface area contributed by atoms with Crippen molar-refractivity contribution >= 4 is 26.3 Å². The lowest BCUT2D eigenvalue weighted by Gasteiger charge is -2.48. The van der Waals surface area contributed by atoms with Crippen molar-refractivity contribution in [1.82, 2.24) is 10.2 Å². The summed E-state index contributed by atoms with van der Waals surface area (Å²) in [6, 6.07) is 18.9. The number of amides is 2. The molecule has 1 aliphatic carbocycles. The largest absolute Gasteiger partial charge is 0.330 e. The van der Waals surface area contributed by atoms with Crippen LogP contribution in [-0.2, 0) is 5.54 Å². The second-order valence-electron chi connectivity index (χ2n) is 8.18. The molecule has 4 nitrogen and oxygen atoms in total. The number of nitrogens with one attached hydrogen (secondary N) is 1. The first kappa shape index (κ1) is 18.5. The first-order chi connectivity index (χ1) is 12.9. The van der Waals surface area contributed by atoms with Crippen LogP contribution in [0.1, 0.15) is 31.2 Å². The predicted molar refractivity (Wildman–Crippen MR) is 115 cm³/mol. The van der Waals surface area contributed by atoms with Crippen molar-refractivity contribution in [2.75, 3.05) is 25.5 Å². The Bertz CT molecular complexity index is 828. The number of rotatable bonds is 3. The molecule has 1 atom stereocenters. The summed E-state index contributed by atoms with van der Waals surface area (Å²) in [5.74, 6) is 0. The van der Waals surface area contributed by atoms with Crippen LogP contribution in [0.15, 0.2) is 54.6 Å². The smallest absolute Gasteiger partial charge is 0.322 e. The van der Waals surface area contributed by atoms with E-state index in [9.17, 15) is 4.79 Å². The quantitative estimate of drug-likeness (QED) is 0.827. The van der Waals surface area contributed by atoms with E-state index in [4.69, 9.17) is 0 Å². The van der Waals surface area contributed by atoms with E-state index in [1.165, 1.54) is 5.56 Å². The molecule has 142 valence electrons. The van der Waals surface area contributed by atoms with Crippen LogP contribution in [0.25, 0.3) is 0 Å². The normalized spacial score (nSPS) is 28.0. The average molecular weight is 381 g/mol. The Kier molecular flexibility index (Phi) is 4.73. The SMILES string of the molecule is CN(C)C1(c2ccccc2)CCC2(CC1)CN(c1cccc(P)c1)C(=O)N2. The van der Waals surface area contributed by atoms with Gasteiger partial charge < -0.3 is 5.32 Å². The minimum atomic E-state index is -0.123. The summed E-state index contributed by atoms with van der Waals surface area (Å²) in [5, 5.41) is 4.42. The maximum atomic E-state index is 12.7. The Morgan fingerprint density at radius 1 is 1.00 bits per heavy atom. The molecule has 1 heterocycles. The van der Waals surface area contributed by atoms with Gasteiger partial charge in [0.05, 0.1) is 12.1 Å². The number of urea groups is 1. The van der Waals surface area contributed by atoms with Gasteiger partial charge in [0, 0.05) is 11.2 Å². The Morgan fingerprint density at radius 3 is 2.33 bits per heavy atom. The molecule has 2 amide bonds. The molecule has 1 spiro atoms. The molecule has 2 fully saturated rings. The van der Waals surface area contributed by atoms with E-state index < -0.39 is 0 Å². The Labute approximate surface area is 164 Å². The van der Waals surface area contributed by atoms with Gasteiger partial charge >= 0.3 is 6.03 Å². The van der Waals surface area contributed by atoms with Crippen molar-refractivity contribution in [2.45, 2.75) is 36.8 Å². The third-order valence-electron chi connectivity index (χ3n) is 6.46. The number of hydrogen-bond donors (Lipinski definition) is 1. The van der Waals surface area contributed by atoms with Gasteiger partial charge in [-0.1, -0.05) is 42.5 Å². The fourth-order valence-corrected chi connectivity index (χ4v) is 5.06. The Hall–Kier alpha value is -1.90. The summed E-state index contributed by atoms with van der Waals surface area (Å²) in [4.78, 5) is 17.0. The Morgan fingerprint density at radius 2 is 1.70 bits per heavy atom. The molecule has 2 aliphatic rings. The molecule has 0 bridgehead atoms. The van der Waals surface area contributed by atoms with Crippen molar-refractivity contribution in [3.63, 3.8) is 0 Å². The zero-order chi connectivity index (χ0) is 19.1. The average Bonchev–Trinajstić information content (AvgIpc) is 2.99. The molecule has 1 saturated carbocycles. The number of benzene rings is 2. The molecule has 27 heavy (non-hydrogen) atoms. The molecule has 1 aliphatic heterocycles. The van der Waals surface area contributed by atoms with Crippen LogP contribution in [0, 0.1) is 0 Å². The van der Waals surface area contributed by atoms with Crippen molar-refractivity contribution in [3.8, 4) is 0 Å². The van der Waals surface area contributed by atoms with Gasteiger partial charge in [-0.25, -0.2) is 4.79 Å². The van der Waals surface area contributed by atoms with Gasteiger partial charge in [-0.2, -0.15) is 0 Å². The van der Waals surface area contributed by atoms with Crippen LogP contribution in [-0.4, -0.2) is 37.1 Å². The van der Waals surface area contributed by atoms with Crippen molar-refractivity contribution in [3.05, 3.63) is 60.2 Å².